The van der Waals surface area contributed by atoms with Crippen LogP contribution in [-0.4, -0.2) is 53.8 Å². The van der Waals surface area contributed by atoms with Gasteiger partial charge in [0, 0.05) is 37.5 Å². The molecule has 2 aromatic rings. The summed E-state index contributed by atoms with van der Waals surface area (Å²) in [5.74, 6) is 0.341. The van der Waals surface area contributed by atoms with Gasteiger partial charge >= 0.3 is 0 Å². The van der Waals surface area contributed by atoms with Gasteiger partial charge in [-0.1, -0.05) is 0 Å². The van der Waals surface area contributed by atoms with E-state index in [4.69, 9.17) is 9.47 Å². The lowest BCUT2D eigenvalue weighted by molar-refractivity contribution is -0.124. The lowest BCUT2D eigenvalue weighted by Gasteiger charge is -2.31. The number of carbonyl (C=O) groups is 2. The molecular weight excluding hydrogens is 432 g/mol. The average Bonchev–Trinajstić information content (AvgIpc) is 3.18. The van der Waals surface area contributed by atoms with Crippen molar-refractivity contribution in [3.05, 3.63) is 42.0 Å². The fourth-order valence-corrected chi connectivity index (χ4v) is 5.04. The topological polar surface area (TPSA) is 93.2 Å². The van der Waals surface area contributed by atoms with Crippen LogP contribution in [0.1, 0.15) is 18.4 Å². The number of nitrogens with zero attached hydrogens (tertiary/aromatic N) is 2. The molecule has 2 amide bonds. The molecule has 2 aliphatic heterocycles. The SMILES string of the molecule is COc1ccc(OC)c(N2CC(C(=O)N3CCCc4cc(S(C)(=O)=O)ccc43)CC2=O)c1. The van der Waals surface area contributed by atoms with Crippen LogP contribution in [0.15, 0.2) is 41.3 Å². The highest BCUT2D eigenvalue weighted by Gasteiger charge is 2.39. The van der Waals surface area contributed by atoms with Gasteiger partial charge in [-0.25, -0.2) is 8.42 Å². The molecule has 4 rings (SSSR count). The second-order valence-electron chi connectivity index (χ2n) is 8.10. The Labute approximate surface area is 187 Å². The summed E-state index contributed by atoms with van der Waals surface area (Å²) in [4.78, 5) is 29.8. The van der Waals surface area contributed by atoms with E-state index in [0.29, 0.717) is 30.2 Å². The van der Waals surface area contributed by atoms with E-state index in [-0.39, 0.29) is 29.7 Å². The maximum absolute atomic E-state index is 13.4. The fraction of sp³-hybridized carbons (Fsp3) is 0.391. The first-order chi connectivity index (χ1) is 15.2. The molecule has 2 heterocycles. The number of fused-ring (bicyclic) bond motifs is 1. The smallest absolute Gasteiger partial charge is 0.232 e. The van der Waals surface area contributed by atoms with Crippen molar-refractivity contribution in [2.45, 2.75) is 24.2 Å². The molecule has 1 atom stereocenters. The summed E-state index contributed by atoms with van der Waals surface area (Å²) in [7, 11) is -0.244. The minimum Gasteiger partial charge on any atom is -0.497 e. The van der Waals surface area contributed by atoms with Crippen LogP contribution in [0, 0.1) is 5.92 Å². The van der Waals surface area contributed by atoms with E-state index in [9.17, 15) is 18.0 Å². The minimum atomic E-state index is -3.32. The van der Waals surface area contributed by atoms with Crippen LogP contribution in [0.5, 0.6) is 11.5 Å². The Morgan fingerprint density at radius 2 is 1.84 bits per heavy atom. The number of anilines is 2. The Balaban J connectivity index is 1.59. The monoisotopic (exact) mass is 458 g/mol. The molecule has 0 spiro atoms. The molecule has 9 heteroatoms. The first-order valence-corrected chi connectivity index (χ1v) is 12.3. The van der Waals surface area contributed by atoms with Crippen molar-refractivity contribution in [1.29, 1.82) is 0 Å². The van der Waals surface area contributed by atoms with Gasteiger partial charge < -0.3 is 19.3 Å². The van der Waals surface area contributed by atoms with Crippen molar-refractivity contribution in [1.82, 2.24) is 0 Å². The Morgan fingerprint density at radius 3 is 2.53 bits per heavy atom. The van der Waals surface area contributed by atoms with E-state index in [2.05, 4.69) is 0 Å². The van der Waals surface area contributed by atoms with E-state index in [0.717, 1.165) is 17.7 Å². The molecule has 170 valence electrons. The number of sulfone groups is 1. The van der Waals surface area contributed by atoms with Gasteiger partial charge in [0.2, 0.25) is 11.8 Å². The van der Waals surface area contributed by atoms with E-state index in [1.54, 1.807) is 47.2 Å². The number of ether oxygens (including phenoxy) is 2. The van der Waals surface area contributed by atoms with Crippen LogP contribution in [0.2, 0.25) is 0 Å². The number of hydrogen-bond acceptors (Lipinski definition) is 6. The van der Waals surface area contributed by atoms with Crippen LogP contribution in [0.4, 0.5) is 11.4 Å². The minimum absolute atomic E-state index is 0.104. The summed E-state index contributed by atoms with van der Waals surface area (Å²) in [6.07, 6.45) is 2.72. The highest BCUT2D eigenvalue weighted by molar-refractivity contribution is 7.90. The summed E-state index contributed by atoms with van der Waals surface area (Å²) in [6.45, 7) is 0.783. The van der Waals surface area contributed by atoms with Crippen molar-refractivity contribution in [2.75, 3.05) is 43.4 Å². The Bertz CT molecular complexity index is 1180. The van der Waals surface area contributed by atoms with Crippen LogP contribution < -0.4 is 19.3 Å². The molecule has 2 aromatic carbocycles. The molecule has 0 aliphatic carbocycles. The normalized spacial score (nSPS) is 18.5. The zero-order chi connectivity index (χ0) is 23.0. The van der Waals surface area contributed by atoms with Gasteiger partial charge in [-0.15, -0.1) is 0 Å². The number of rotatable bonds is 5. The van der Waals surface area contributed by atoms with Crippen molar-refractivity contribution < 1.29 is 27.5 Å². The van der Waals surface area contributed by atoms with Gasteiger partial charge in [-0.2, -0.15) is 0 Å². The number of hydrogen-bond donors (Lipinski definition) is 0. The Kier molecular flexibility index (Phi) is 5.85. The van der Waals surface area contributed by atoms with Crippen molar-refractivity contribution >= 4 is 33.0 Å². The maximum Gasteiger partial charge on any atom is 0.232 e. The van der Waals surface area contributed by atoms with Crippen LogP contribution in [0.25, 0.3) is 0 Å². The molecule has 1 saturated heterocycles. The van der Waals surface area contributed by atoms with Gasteiger partial charge in [-0.3, -0.25) is 9.59 Å². The number of aryl methyl sites for hydroxylation is 1. The zero-order valence-corrected chi connectivity index (χ0v) is 19.1. The molecule has 1 fully saturated rings. The third-order valence-electron chi connectivity index (χ3n) is 6.01. The highest BCUT2D eigenvalue weighted by Crippen LogP contribution is 2.37. The lowest BCUT2D eigenvalue weighted by Crippen LogP contribution is -2.40. The van der Waals surface area contributed by atoms with Crippen molar-refractivity contribution in [3.8, 4) is 11.5 Å². The van der Waals surface area contributed by atoms with Crippen molar-refractivity contribution in [3.63, 3.8) is 0 Å². The molecule has 0 bridgehead atoms. The molecule has 32 heavy (non-hydrogen) atoms. The van der Waals surface area contributed by atoms with Gasteiger partial charge in [0.25, 0.3) is 0 Å². The van der Waals surface area contributed by atoms with E-state index in [1.165, 1.54) is 19.4 Å². The van der Waals surface area contributed by atoms with Crippen LogP contribution in [-0.2, 0) is 25.8 Å². The molecule has 1 unspecified atom stereocenters. The third kappa shape index (κ3) is 4.04. The molecule has 0 aromatic heterocycles. The predicted octanol–water partition coefficient (Wildman–Crippen LogP) is 2.44. The molecule has 2 aliphatic rings. The summed E-state index contributed by atoms with van der Waals surface area (Å²) in [5, 5.41) is 0. The Morgan fingerprint density at radius 1 is 1.06 bits per heavy atom. The number of amides is 2. The van der Waals surface area contributed by atoms with Gasteiger partial charge in [0.05, 0.1) is 30.7 Å². The molecule has 0 saturated carbocycles. The largest absolute Gasteiger partial charge is 0.497 e. The van der Waals surface area contributed by atoms with E-state index < -0.39 is 15.8 Å². The van der Waals surface area contributed by atoms with Gasteiger partial charge in [0.1, 0.15) is 11.5 Å². The molecule has 0 N–H and O–H groups in total. The zero-order valence-electron chi connectivity index (χ0n) is 18.3. The highest BCUT2D eigenvalue weighted by atomic mass is 32.2. The summed E-state index contributed by atoms with van der Waals surface area (Å²) in [5.41, 5.74) is 2.13. The number of benzene rings is 2. The van der Waals surface area contributed by atoms with E-state index >= 15 is 0 Å². The fourth-order valence-electron chi connectivity index (χ4n) is 4.37. The first-order valence-electron chi connectivity index (χ1n) is 10.4. The molecule has 0 radical (unpaired) electrons. The summed E-state index contributed by atoms with van der Waals surface area (Å²) >= 11 is 0. The van der Waals surface area contributed by atoms with Crippen LogP contribution in [0.3, 0.4) is 0 Å². The third-order valence-corrected chi connectivity index (χ3v) is 7.13. The molecular formula is C23H26N2O6S. The predicted molar refractivity (Wildman–Crippen MR) is 120 cm³/mol. The standard InChI is InChI=1S/C23H26N2O6S/c1-30-17-6-9-21(31-2)20(13-17)25-14-16(12-22(25)26)23(27)24-10-4-5-15-11-18(32(3,28)29)7-8-19(15)24/h6-9,11,13,16H,4-5,10,12,14H2,1-3H3. The van der Waals surface area contributed by atoms with Gasteiger partial charge in [-0.05, 0) is 48.7 Å². The number of carbonyl (C=O) groups excluding carboxylic acids is 2. The summed E-state index contributed by atoms with van der Waals surface area (Å²) < 4.78 is 34.5. The Hall–Kier alpha value is -3.07. The quantitative estimate of drug-likeness (QED) is 0.683. The lowest BCUT2D eigenvalue weighted by atomic mass is 9.99. The first kappa shape index (κ1) is 22.1. The number of methoxy groups -OCH3 is 2. The van der Waals surface area contributed by atoms with E-state index in [1.807, 2.05) is 0 Å². The second kappa shape index (κ2) is 8.46. The average molecular weight is 459 g/mol. The van der Waals surface area contributed by atoms with Crippen molar-refractivity contribution in [2.24, 2.45) is 5.92 Å². The molecule has 8 nitrogen and oxygen atoms in total. The second-order valence-corrected chi connectivity index (χ2v) is 10.1. The summed E-state index contributed by atoms with van der Waals surface area (Å²) in [6, 6.07) is 10.1. The van der Waals surface area contributed by atoms with Crippen LogP contribution >= 0.6 is 0 Å². The maximum atomic E-state index is 13.4. The van der Waals surface area contributed by atoms with Gasteiger partial charge in [0.15, 0.2) is 9.84 Å².